The van der Waals surface area contributed by atoms with E-state index in [1.54, 1.807) is 43.3 Å². The number of ether oxygens (including phenoxy) is 1. The van der Waals surface area contributed by atoms with Crippen molar-refractivity contribution >= 4 is 44.6 Å². The van der Waals surface area contributed by atoms with E-state index in [1.165, 1.54) is 7.11 Å². The minimum atomic E-state index is -3.44. The number of aryl methyl sites for hydroxylation is 1. The van der Waals surface area contributed by atoms with Gasteiger partial charge in [-0.05, 0) is 48.4 Å². The molecule has 7 nitrogen and oxygen atoms in total. The summed E-state index contributed by atoms with van der Waals surface area (Å²) >= 11 is 6.18. The molecule has 3 N–H and O–H groups in total. The summed E-state index contributed by atoms with van der Waals surface area (Å²) in [6.07, 6.45) is 1.09. The van der Waals surface area contributed by atoms with Crippen molar-refractivity contribution in [1.82, 2.24) is 0 Å². The van der Waals surface area contributed by atoms with Crippen LogP contribution in [0, 0.1) is 6.92 Å². The topological polar surface area (TPSA) is 96.5 Å². The van der Waals surface area contributed by atoms with Crippen molar-refractivity contribution in [3.8, 4) is 5.75 Å². The minimum absolute atomic E-state index is 0.310. The van der Waals surface area contributed by atoms with Crippen LogP contribution in [0.3, 0.4) is 0 Å². The first-order valence-corrected chi connectivity index (χ1v) is 12.0. The maximum atomic E-state index is 13.2. The summed E-state index contributed by atoms with van der Waals surface area (Å²) in [7, 11) is -1.93. The number of anilines is 3. The number of benzene rings is 3. The van der Waals surface area contributed by atoms with E-state index in [-0.39, 0.29) is 5.91 Å². The molecule has 0 aliphatic rings. The van der Waals surface area contributed by atoms with Crippen molar-refractivity contribution in [2.75, 3.05) is 28.7 Å². The molecule has 1 amide bonds. The standard InChI is InChI=1S/C23H24ClN3O4S/c1-15-9-10-18(14-20(15)27-32(3,29)30)25-22(16-7-5-4-6-8-16)23(28)26-17-11-12-21(31-2)19(24)13-17/h4-14,22,25,27H,1-3H3,(H,26,28). The number of carbonyl (C=O) groups is 1. The molecule has 1 unspecified atom stereocenters. The summed E-state index contributed by atoms with van der Waals surface area (Å²) in [4.78, 5) is 13.2. The van der Waals surface area contributed by atoms with E-state index < -0.39 is 16.1 Å². The summed E-state index contributed by atoms with van der Waals surface area (Å²) in [5.41, 5.74) is 3.04. The van der Waals surface area contributed by atoms with Crippen LogP contribution in [-0.2, 0) is 14.8 Å². The van der Waals surface area contributed by atoms with Crippen molar-refractivity contribution in [2.45, 2.75) is 13.0 Å². The summed E-state index contributed by atoms with van der Waals surface area (Å²) in [6, 6.07) is 18.7. The number of halogens is 1. The van der Waals surface area contributed by atoms with Crippen LogP contribution in [-0.4, -0.2) is 27.7 Å². The molecule has 0 heterocycles. The fourth-order valence-corrected chi connectivity index (χ4v) is 3.97. The number of hydrogen-bond acceptors (Lipinski definition) is 5. The van der Waals surface area contributed by atoms with Crippen LogP contribution in [0.4, 0.5) is 17.1 Å². The minimum Gasteiger partial charge on any atom is -0.495 e. The first-order chi connectivity index (χ1) is 15.2. The second kappa shape index (κ2) is 9.93. The molecule has 1 atom stereocenters. The SMILES string of the molecule is COc1ccc(NC(=O)C(Nc2ccc(C)c(NS(C)(=O)=O)c2)c2ccccc2)cc1Cl. The van der Waals surface area contributed by atoms with Gasteiger partial charge < -0.3 is 15.4 Å². The number of amides is 1. The maximum Gasteiger partial charge on any atom is 0.251 e. The Hall–Kier alpha value is -3.23. The Bertz CT molecular complexity index is 1220. The van der Waals surface area contributed by atoms with Gasteiger partial charge in [0.2, 0.25) is 10.0 Å². The van der Waals surface area contributed by atoms with E-state index >= 15 is 0 Å². The highest BCUT2D eigenvalue weighted by Gasteiger charge is 2.21. The highest BCUT2D eigenvalue weighted by atomic mass is 35.5. The van der Waals surface area contributed by atoms with Crippen molar-refractivity contribution in [2.24, 2.45) is 0 Å². The zero-order chi connectivity index (χ0) is 23.3. The van der Waals surface area contributed by atoms with Gasteiger partial charge in [0.15, 0.2) is 0 Å². The highest BCUT2D eigenvalue weighted by molar-refractivity contribution is 7.92. The second-order valence-corrected chi connectivity index (χ2v) is 9.39. The summed E-state index contributed by atoms with van der Waals surface area (Å²) < 4.78 is 31.0. The lowest BCUT2D eigenvalue weighted by molar-refractivity contribution is -0.117. The normalized spacial score (nSPS) is 12.0. The Morgan fingerprint density at radius 3 is 2.31 bits per heavy atom. The van der Waals surface area contributed by atoms with Crippen molar-refractivity contribution in [3.05, 3.63) is 82.9 Å². The molecule has 9 heteroatoms. The van der Waals surface area contributed by atoms with Gasteiger partial charge in [-0.3, -0.25) is 9.52 Å². The molecule has 3 aromatic carbocycles. The maximum absolute atomic E-state index is 13.2. The van der Waals surface area contributed by atoms with Gasteiger partial charge in [-0.15, -0.1) is 0 Å². The molecule has 3 aromatic rings. The summed E-state index contributed by atoms with van der Waals surface area (Å²) in [6.45, 7) is 1.80. The van der Waals surface area contributed by atoms with Gasteiger partial charge in [-0.25, -0.2) is 8.42 Å². The van der Waals surface area contributed by atoms with Crippen LogP contribution in [0.15, 0.2) is 66.7 Å². The number of methoxy groups -OCH3 is 1. The van der Waals surface area contributed by atoms with Gasteiger partial charge in [-0.1, -0.05) is 48.0 Å². The number of rotatable bonds is 8. The van der Waals surface area contributed by atoms with Gasteiger partial charge in [-0.2, -0.15) is 0 Å². The van der Waals surface area contributed by atoms with E-state index in [0.717, 1.165) is 17.4 Å². The van der Waals surface area contributed by atoms with Crippen LogP contribution >= 0.6 is 11.6 Å². The van der Waals surface area contributed by atoms with Crippen LogP contribution in [0.1, 0.15) is 17.2 Å². The molecule has 0 bridgehead atoms. The van der Waals surface area contributed by atoms with Crippen molar-refractivity contribution in [1.29, 1.82) is 0 Å². The molecule has 32 heavy (non-hydrogen) atoms. The van der Waals surface area contributed by atoms with E-state index in [9.17, 15) is 13.2 Å². The summed E-state index contributed by atoms with van der Waals surface area (Å²) in [5, 5.41) is 6.44. The largest absolute Gasteiger partial charge is 0.495 e. The zero-order valence-electron chi connectivity index (χ0n) is 17.8. The third-order valence-corrected chi connectivity index (χ3v) is 5.54. The Balaban J connectivity index is 1.90. The third-order valence-electron chi connectivity index (χ3n) is 4.66. The predicted molar refractivity (Wildman–Crippen MR) is 129 cm³/mol. The average molecular weight is 474 g/mol. The van der Waals surface area contributed by atoms with Gasteiger partial charge in [0.25, 0.3) is 5.91 Å². The molecule has 0 spiro atoms. The lowest BCUT2D eigenvalue weighted by Crippen LogP contribution is -2.27. The molecular formula is C23H24ClN3O4S. The van der Waals surface area contributed by atoms with Crippen LogP contribution < -0.4 is 20.1 Å². The third kappa shape index (κ3) is 6.15. The predicted octanol–water partition coefficient (Wildman–Crippen LogP) is 4.82. The number of nitrogens with one attached hydrogen (secondary N) is 3. The molecule has 0 fully saturated rings. The summed E-state index contributed by atoms with van der Waals surface area (Å²) in [5.74, 6) is 0.198. The van der Waals surface area contributed by atoms with Gasteiger partial charge in [0.1, 0.15) is 11.8 Å². The molecule has 3 rings (SSSR count). The lowest BCUT2D eigenvalue weighted by atomic mass is 10.0. The monoisotopic (exact) mass is 473 g/mol. The Morgan fingerprint density at radius 1 is 1.00 bits per heavy atom. The van der Waals surface area contributed by atoms with Gasteiger partial charge in [0, 0.05) is 11.4 Å². The zero-order valence-corrected chi connectivity index (χ0v) is 19.4. The van der Waals surface area contributed by atoms with Crippen LogP contribution in [0.5, 0.6) is 5.75 Å². The molecule has 0 aromatic heterocycles. The first kappa shape index (κ1) is 23.4. The molecule has 0 saturated carbocycles. The quantitative estimate of drug-likeness (QED) is 0.436. The molecule has 0 aliphatic carbocycles. The van der Waals surface area contributed by atoms with Crippen molar-refractivity contribution in [3.63, 3.8) is 0 Å². The Labute approximate surface area is 192 Å². The fraction of sp³-hybridized carbons (Fsp3) is 0.174. The highest BCUT2D eigenvalue weighted by Crippen LogP contribution is 2.29. The molecule has 0 aliphatic heterocycles. The van der Waals surface area contributed by atoms with Crippen molar-refractivity contribution < 1.29 is 17.9 Å². The molecule has 168 valence electrons. The average Bonchev–Trinajstić information content (AvgIpc) is 2.74. The molecule has 0 saturated heterocycles. The van der Waals surface area contributed by atoms with Gasteiger partial charge >= 0.3 is 0 Å². The van der Waals surface area contributed by atoms with E-state index in [2.05, 4.69) is 15.4 Å². The second-order valence-electron chi connectivity index (χ2n) is 7.23. The van der Waals surface area contributed by atoms with E-state index in [0.29, 0.717) is 27.8 Å². The smallest absolute Gasteiger partial charge is 0.251 e. The Morgan fingerprint density at radius 2 is 1.69 bits per heavy atom. The lowest BCUT2D eigenvalue weighted by Gasteiger charge is -2.21. The van der Waals surface area contributed by atoms with Gasteiger partial charge in [0.05, 0.1) is 24.1 Å². The number of carbonyl (C=O) groups excluding carboxylic acids is 1. The van der Waals surface area contributed by atoms with E-state index in [1.807, 2.05) is 30.3 Å². The van der Waals surface area contributed by atoms with Crippen LogP contribution in [0.25, 0.3) is 0 Å². The Kier molecular flexibility index (Phi) is 7.27. The fourth-order valence-electron chi connectivity index (χ4n) is 3.09. The molecular weight excluding hydrogens is 450 g/mol. The van der Waals surface area contributed by atoms with E-state index in [4.69, 9.17) is 16.3 Å². The van der Waals surface area contributed by atoms with Crippen LogP contribution in [0.2, 0.25) is 5.02 Å². The number of hydrogen-bond donors (Lipinski definition) is 3. The number of sulfonamides is 1. The first-order valence-electron chi connectivity index (χ1n) is 9.70. The molecule has 0 radical (unpaired) electrons.